The third-order valence-electron chi connectivity index (χ3n) is 6.22. The number of carbonyl (C=O) groups is 1. The van der Waals surface area contributed by atoms with E-state index in [2.05, 4.69) is 16.3 Å². The smallest absolute Gasteiger partial charge is 0.287 e. The largest absolute Gasteiger partial charge is 0.496 e. The van der Waals surface area contributed by atoms with Gasteiger partial charge in [0.1, 0.15) is 11.3 Å². The van der Waals surface area contributed by atoms with Gasteiger partial charge in [0.25, 0.3) is 5.91 Å². The number of aliphatic hydroxyl groups is 1. The van der Waals surface area contributed by atoms with E-state index in [-0.39, 0.29) is 5.91 Å². The number of fused-ring (bicyclic) bond motifs is 1. The van der Waals surface area contributed by atoms with Crippen molar-refractivity contribution in [2.75, 3.05) is 26.7 Å². The number of piperidine rings is 1. The molecule has 170 valence electrons. The molecule has 3 aromatic rings. The van der Waals surface area contributed by atoms with Gasteiger partial charge in [-0.05, 0) is 48.6 Å². The van der Waals surface area contributed by atoms with Crippen LogP contribution >= 0.6 is 0 Å². The summed E-state index contributed by atoms with van der Waals surface area (Å²) in [7, 11) is 1.69. The lowest BCUT2D eigenvalue weighted by molar-refractivity contribution is -0.0277. The van der Waals surface area contributed by atoms with Crippen LogP contribution in [0.4, 0.5) is 0 Å². The number of hydrogen-bond donors (Lipinski definition) is 2. The number of methoxy groups -OCH3 is 1. The lowest BCUT2D eigenvalue weighted by Gasteiger charge is -2.38. The first-order valence-corrected chi connectivity index (χ1v) is 11.3. The molecule has 0 spiro atoms. The summed E-state index contributed by atoms with van der Waals surface area (Å²) in [5.41, 5.74) is 1.80. The zero-order chi connectivity index (χ0) is 22.7. The van der Waals surface area contributed by atoms with Crippen LogP contribution in [0.2, 0.25) is 0 Å². The molecule has 1 saturated heterocycles. The van der Waals surface area contributed by atoms with Crippen LogP contribution in [-0.2, 0) is 12.1 Å². The van der Waals surface area contributed by atoms with E-state index in [1.54, 1.807) is 13.2 Å². The van der Waals surface area contributed by atoms with E-state index in [1.165, 1.54) is 0 Å². The van der Waals surface area contributed by atoms with E-state index in [0.29, 0.717) is 36.6 Å². The summed E-state index contributed by atoms with van der Waals surface area (Å²) >= 11 is 0. The van der Waals surface area contributed by atoms with Gasteiger partial charge < -0.3 is 19.6 Å². The Kier molecular flexibility index (Phi) is 6.53. The SMILES string of the molecule is COc1ccccc1CN1CCC(O)(c2ccc3oc(C(=O)NCC(C)C)cc3c2)CC1. The Morgan fingerprint density at radius 2 is 1.94 bits per heavy atom. The molecule has 1 aliphatic heterocycles. The van der Waals surface area contributed by atoms with Crippen molar-refractivity contribution in [1.29, 1.82) is 0 Å². The number of nitrogens with zero attached hydrogens (tertiary/aromatic N) is 1. The quantitative estimate of drug-likeness (QED) is 0.577. The van der Waals surface area contributed by atoms with Crippen LogP contribution in [0.1, 0.15) is 48.4 Å². The van der Waals surface area contributed by atoms with E-state index in [9.17, 15) is 9.90 Å². The molecule has 0 aliphatic carbocycles. The Morgan fingerprint density at radius 3 is 2.66 bits per heavy atom. The number of rotatable bonds is 7. The summed E-state index contributed by atoms with van der Waals surface area (Å²) in [4.78, 5) is 14.7. The van der Waals surface area contributed by atoms with E-state index in [4.69, 9.17) is 9.15 Å². The predicted octanol–water partition coefficient (Wildman–Crippen LogP) is 4.31. The van der Waals surface area contributed by atoms with Gasteiger partial charge in [0.2, 0.25) is 0 Å². The Labute approximate surface area is 189 Å². The molecule has 0 radical (unpaired) electrons. The number of furan rings is 1. The molecule has 6 nitrogen and oxygen atoms in total. The lowest BCUT2D eigenvalue weighted by atomic mass is 9.84. The molecule has 6 heteroatoms. The maximum absolute atomic E-state index is 12.3. The van der Waals surface area contributed by atoms with Crippen molar-refractivity contribution in [1.82, 2.24) is 10.2 Å². The average molecular weight is 437 g/mol. The second-order valence-electron chi connectivity index (χ2n) is 9.09. The van der Waals surface area contributed by atoms with E-state index in [0.717, 1.165) is 41.9 Å². The van der Waals surface area contributed by atoms with Gasteiger partial charge >= 0.3 is 0 Å². The van der Waals surface area contributed by atoms with Gasteiger partial charge in [-0.2, -0.15) is 0 Å². The first-order valence-electron chi connectivity index (χ1n) is 11.3. The average Bonchev–Trinajstić information content (AvgIpc) is 3.23. The lowest BCUT2D eigenvalue weighted by Crippen LogP contribution is -2.42. The van der Waals surface area contributed by atoms with Crippen LogP contribution in [0.15, 0.2) is 52.9 Å². The highest BCUT2D eigenvalue weighted by molar-refractivity contribution is 5.96. The van der Waals surface area contributed by atoms with E-state index in [1.807, 2.05) is 50.2 Å². The number of benzene rings is 2. The summed E-state index contributed by atoms with van der Waals surface area (Å²) in [6.07, 6.45) is 1.29. The molecular weight excluding hydrogens is 404 g/mol. The number of amides is 1. The highest BCUT2D eigenvalue weighted by Gasteiger charge is 2.34. The summed E-state index contributed by atoms with van der Waals surface area (Å²) in [5.74, 6) is 1.36. The molecule has 0 bridgehead atoms. The fourth-order valence-corrected chi connectivity index (χ4v) is 4.27. The molecular formula is C26H32N2O4. The summed E-state index contributed by atoms with van der Waals surface area (Å²) < 4.78 is 11.2. The third-order valence-corrected chi connectivity index (χ3v) is 6.22. The Bertz CT molecular complexity index is 1080. The maximum atomic E-state index is 12.3. The number of ether oxygens (including phenoxy) is 1. The van der Waals surface area contributed by atoms with Crippen molar-refractivity contribution in [3.05, 3.63) is 65.4 Å². The minimum Gasteiger partial charge on any atom is -0.496 e. The highest BCUT2D eigenvalue weighted by Crippen LogP contribution is 2.36. The number of carbonyl (C=O) groups excluding carboxylic acids is 1. The van der Waals surface area contributed by atoms with Gasteiger partial charge in [0.05, 0.1) is 12.7 Å². The highest BCUT2D eigenvalue weighted by atomic mass is 16.5. The minimum absolute atomic E-state index is 0.209. The van der Waals surface area contributed by atoms with Crippen molar-refractivity contribution in [2.24, 2.45) is 5.92 Å². The maximum Gasteiger partial charge on any atom is 0.287 e. The summed E-state index contributed by atoms with van der Waals surface area (Å²) in [5, 5.41) is 15.1. The zero-order valence-corrected chi connectivity index (χ0v) is 19.1. The van der Waals surface area contributed by atoms with Gasteiger partial charge in [-0.25, -0.2) is 0 Å². The molecule has 1 aliphatic rings. The van der Waals surface area contributed by atoms with Gasteiger partial charge in [0.15, 0.2) is 5.76 Å². The standard InChI is InChI=1S/C26H32N2O4/c1-18(2)16-27-25(29)24-15-20-14-21(8-9-23(20)32-24)26(30)10-12-28(13-11-26)17-19-6-4-5-7-22(19)31-3/h4-9,14-15,18,30H,10-13,16-17H2,1-3H3,(H,27,29). The molecule has 0 saturated carbocycles. The fraction of sp³-hybridized carbons (Fsp3) is 0.423. The van der Waals surface area contributed by atoms with E-state index >= 15 is 0 Å². The number of hydrogen-bond acceptors (Lipinski definition) is 5. The molecule has 1 fully saturated rings. The minimum atomic E-state index is -0.886. The Hall–Kier alpha value is -2.83. The first-order chi connectivity index (χ1) is 15.4. The molecule has 32 heavy (non-hydrogen) atoms. The Morgan fingerprint density at radius 1 is 1.19 bits per heavy atom. The Balaban J connectivity index is 1.44. The zero-order valence-electron chi connectivity index (χ0n) is 19.1. The predicted molar refractivity (Wildman–Crippen MR) is 125 cm³/mol. The van der Waals surface area contributed by atoms with Gasteiger partial charge in [0, 0.05) is 37.1 Å². The van der Waals surface area contributed by atoms with Crippen LogP contribution in [0, 0.1) is 5.92 Å². The second kappa shape index (κ2) is 9.35. The molecule has 0 atom stereocenters. The van der Waals surface area contributed by atoms with Crippen molar-refractivity contribution >= 4 is 16.9 Å². The molecule has 2 aromatic carbocycles. The first kappa shape index (κ1) is 22.4. The van der Waals surface area contributed by atoms with Crippen molar-refractivity contribution in [3.8, 4) is 5.75 Å². The summed E-state index contributed by atoms with van der Waals surface area (Å²) in [6, 6.07) is 15.5. The van der Waals surface area contributed by atoms with Gasteiger partial charge in [-0.15, -0.1) is 0 Å². The molecule has 1 amide bonds. The number of para-hydroxylation sites is 1. The van der Waals surface area contributed by atoms with Crippen molar-refractivity contribution < 1.29 is 19.1 Å². The molecule has 0 unspecified atom stereocenters. The second-order valence-corrected chi connectivity index (χ2v) is 9.09. The van der Waals surface area contributed by atoms with Crippen molar-refractivity contribution in [2.45, 2.75) is 38.8 Å². The van der Waals surface area contributed by atoms with Crippen molar-refractivity contribution in [3.63, 3.8) is 0 Å². The van der Waals surface area contributed by atoms with Crippen LogP contribution in [0.25, 0.3) is 11.0 Å². The van der Waals surface area contributed by atoms with Crippen LogP contribution in [0.5, 0.6) is 5.75 Å². The fourth-order valence-electron chi connectivity index (χ4n) is 4.27. The van der Waals surface area contributed by atoms with E-state index < -0.39 is 5.60 Å². The number of likely N-dealkylation sites (tertiary alicyclic amines) is 1. The third kappa shape index (κ3) is 4.81. The summed E-state index contributed by atoms with van der Waals surface area (Å²) in [6.45, 7) is 7.09. The number of nitrogens with one attached hydrogen (secondary N) is 1. The topological polar surface area (TPSA) is 74.9 Å². The van der Waals surface area contributed by atoms with Gasteiger partial charge in [-0.1, -0.05) is 38.1 Å². The molecule has 2 N–H and O–H groups in total. The van der Waals surface area contributed by atoms with Crippen LogP contribution in [-0.4, -0.2) is 42.7 Å². The molecule has 4 rings (SSSR count). The monoisotopic (exact) mass is 436 g/mol. The molecule has 2 heterocycles. The normalized spacial score (nSPS) is 16.4. The van der Waals surface area contributed by atoms with Crippen LogP contribution in [0.3, 0.4) is 0 Å². The molecule has 1 aromatic heterocycles. The van der Waals surface area contributed by atoms with Gasteiger partial charge in [-0.3, -0.25) is 9.69 Å². The van der Waals surface area contributed by atoms with Crippen LogP contribution < -0.4 is 10.1 Å².